The summed E-state index contributed by atoms with van der Waals surface area (Å²) in [6, 6.07) is 0. The summed E-state index contributed by atoms with van der Waals surface area (Å²) in [6.07, 6.45) is 5.70. The molecule has 1 fully saturated rings. The van der Waals surface area contributed by atoms with Crippen LogP contribution in [0.25, 0.3) is 0 Å². The lowest BCUT2D eigenvalue weighted by molar-refractivity contribution is -0.161. The first-order valence-electron chi connectivity index (χ1n) is 3.63. The van der Waals surface area contributed by atoms with E-state index in [1.807, 2.05) is 14.1 Å². The fraction of sp³-hybridized carbons (Fsp3) is 1.00. The largest absolute Gasteiger partial charge is 0.296 e. The van der Waals surface area contributed by atoms with Gasteiger partial charge in [-0.3, -0.25) is 4.84 Å². The van der Waals surface area contributed by atoms with Gasteiger partial charge in [-0.25, -0.2) is 0 Å². The van der Waals surface area contributed by atoms with Crippen molar-refractivity contribution in [2.75, 3.05) is 14.1 Å². The van der Waals surface area contributed by atoms with Crippen LogP contribution in [0.1, 0.15) is 25.7 Å². The molecule has 0 saturated heterocycles. The summed E-state index contributed by atoms with van der Waals surface area (Å²) in [5.41, 5.74) is 0. The van der Waals surface area contributed by atoms with Crippen LogP contribution in [0.15, 0.2) is 0 Å². The van der Waals surface area contributed by atoms with Crippen LogP contribution < -0.4 is 0 Å². The molecule has 54 valence electrons. The van der Waals surface area contributed by atoms with Crippen molar-refractivity contribution in [2.45, 2.75) is 31.8 Å². The Morgan fingerprint density at radius 3 is 2.22 bits per heavy atom. The molecule has 0 aromatic carbocycles. The molecule has 9 heavy (non-hydrogen) atoms. The standard InChI is InChI=1S/C7H15NO/c1-8(2)9-7-5-3-4-6-7/h7H,3-6H2,1-2H3. The lowest BCUT2D eigenvalue weighted by atomic mass is 10.3. The Morgan fingerprint density at radius 2 is 1.78 bits per heavy atom. The van der Waals surface area contributed by atoms with Crippen molar-refractivity contribution < 1.29 is 4.84 Å². The topological polar surface area (TPSA) is 12.5 Å². The zero-order valence-electron chi connectivity index (χ0n) is 6.26. The highest BCUT2D eigenvalue weighted by Gasteiger charge is 2.15. The Morgan fingerprint density at radius 1 is 1.22 bits per heavy atom. The van der Waals surface area contributed by atoms with E-state index in [0.717, 1.165) is 0 Å². The number of hydrogen-bond donors (Lipinski definition) is 0. The summed E-state index contributed by atoms with van der Waals surface area (Å²) in [4.78, 5) is 5.44. The van der Waals surface area contributed by atoms with Crippen LogP contribution in [0.5, 0.6) is 0 Å². The van der Waals surface area contributed by atoms with Crippen LogP contribution in [0.4, 0.5) is 0 Å². The molecule has 0 aromatic heterocycles. The molecule has 0 radical (unpaired) electrons. The minimum atomic E-state index is 0.514. The fourth-order valence-electron chi connectivity index (χ4n) is 1.29. The van der Waals surface area contributed by atoms with Crippen molar-refractivity contribution in [1.82, 2.24) is 5.06 Å². The van der Waals surface area contributed by atoms with Gasteiger partial charge in [0.2, 0.25) is 0 Å². The van der Waals surface area contributed by atoms with Crippen molar-refractivity contribution in [3.8, 4) is 0 Å². The molecular formula is C7H15NO. The van der Waals surface area contributed by atoms with Crippen molar-refractivity contribution in [2.24, 2.45) is 0 Å². The Hall–Kier alpha value is -0.0800. The average molecular weight is 129 g/mol. The van der Waals surface area contributed by atoms with Gasteiger partial charge in [-0.2, -0.15) is 5.06 Å². The minimum Gasteiger partial charge on any atom is -0.296 e. The highest BCUT2D eigenvalue weighted by molar-refractivity contribution is 4.65. The normalized spacial score (nSPS) is 21.7. The highest BCUT2D eigenvalue weighted by atomic mass is 16.7. The van der Waals surface area contributed by atoms with Gasteiger partial charge in [0.05, 0.1) is 6.10 Å². The van der Waals surface area contributed by atoms with Gasteiger partial charge in [-0.1, -0.05) is 12.8 Å². The van der Waals surface area contributed by atoms with Crippen LogP contribution in [-0.4, -0.2) is 25.3 Å². The third kappa shape index (κ3) is 2.33. The van der Waals surface area contributed by atoms with Crippen molar-refractivity contribution in [1.29, 1.82) is 0 Å². The predicted molar refractivity (Wildman–Crippen MR) is 37.0 cm³/mol. The zero-order chi connectivity index (χ0) is 6.69. The van der Waals surface area contributed by atoms with E-state index in [1.165, 1.54) is 25.7 Å². The Kier molecular flexibility index (Phi) is 2.49. The molecule has 0 aromatic rings. The first kappa shape index (κ1) is 7.03. The van der Waals surface area contributed by atoms with Gasteiger partial charge in [0, 0.05) is 14.1 Å². The van der Waals surface area contributed by atoms with E-state index in [1.54, 1.807) is 5.06 Å². The number of rotatable bonds is 2. The summed E-state index contributed by atoms with van der Waals surface area (Å²) < 4.78 is 0. The maximum Gasteiger partial charge on any atom is 0.0793 e. The number of hydrogen-bond acceptors (Lipinski definition) is 2. The summed E-state index contributed by atoms with van der Waals surface area (Å²) in [7, 11) is 3.89. The Balaban J connectivity index is 2.11. The monoisotopic (exact) mass is 129 g/mol. The SMILES string of the molecule is CN(C)OC1CCCC1. The molecule has 1 aliphatic carbocycles. The molecule has 0 unspecified atom stereocenters. The van der Waals surface area contributed by atoms with Crippen LogP contribution in [-0.2, 0) is 4.84 Å². The maximum absolute atomic E-state index is 5.44. The van der Waals surface area contributed by atoms with E-state index in [0.29, 0.717) is 6.10 Å². The lowest BCUT2D eigenvalue weighted by Gasteiger charge is -2.15. The summed E-state index contributed by atoms with van der Waals surface area (Å²) in [5, 5.41) is 1.80. The Labute approximate surface area is 56.8 Å². The van der Waals surface area contributed by atoms with Gasteiger partial charge >= 0.3 is 0 Å². The molecule has 0 heterocycles. The molecule has 0 amide bonds. The van der Waals surface area contributed by atoms with Crippen molar-refractivity contribution in [3.63, 3.8) is 0 Å². The molecule has 2 nitrogen and oxygen atoms in total. The van der Waals surface area contributed by atoms with E-state index in [4.69, 9.17) is 4.84 Å². The third-order valence-corrected chi connectivity index (χ3v) is 1.66. The molecule has 0 bridgehead atoms. The molecule has 1 rings (SSSR count). The predicted octanol–water partition coefficient (Wildman–Crippen LogP) is 1.42. The summed E-state index contributed by atoms with van der Waals surface area (Å²) in [6.45, 7) is 0. The first-order valence-corrected chi connectivity index (χ1v) is 3.63. The van der Waals surface area contributed by atoms with E-state index in [2.05, 4.69) is 0 Å². The average Bonchev–Trinajstić information content (AvgIpc) is 2.15. The molecule has 2 heteroatoms. The van der Waals surface area contributed by atoms with E-state index in [9.17, 15) is 0 Å². The van der Waals surface area contributed by atoms with Crippen LogP contribution >= 0.6 is 0 Å². The molecule has 0 aliphatic heterocycles. The van der Waals surface area contributed by atoms with E-state index in [-0.39, 0.29) is 0 Å². The number of nitrogens with zero attached hydrogens (tertiary/aromatic N) is 1. The van der Waals surface area contributed by atoms with Gasteiger partial charge in [0.25, 0.3) is 0 Å². The summed E-state index contributed by atoms with van der Waals surface area (Å²) >= 11 is 0. The summed E-state index contributed by atoms with van der Waals surface area (Å²) in [5.74, 6) is 0. The molecule has 0 atom stereocenters. The first-order chi connectivity index (χ1) is 4.29. The second-order valence-electron chi connectivity index (χ2n) is 2.82. The third-order valence-electron chi connectivity index (χ3n) is 1.66. The van der Waals surface area contributed by atoms with Crippen LogP contribution in [0.2, 0.25) is 0 Å². The quantitative estimate of drug-likeness (QED) is 0.523. The van der Waals surface area contributed by atoms with Crippen molar-refractivity contribution in [3.05, 3.63) is 0 Å². The zero-order valence-corrected chi connectivity index (χ0v) is 6.26. The molecule has 1 aliphatic rings. The lowest BCUT2D eigenvalue weighted by Crippen LogP contribution is -2.20. The van der Waals surface area contributed by atoms with Gasteiger partial charge in [-0.05, 0) is 12.8 Å². The second kappa shape index (κ2) is 3.18. The van der Waals surface area contributed by atoms with Crippen molar-refractivity contribution >= 4 is 0 Å². The smallest absolute Gasteiger partial charge is 0.0793 e. The van der Waals surface area contributed by atoms with Crippen LogP contribution in [0.3, 0.4) is 0 Å². The fourth-order valence-corrected chi connectivity index (χ4v) is 1.29. The Bertz CT molecular complexity index is 77.0. The van der Waals surface area contributed by atoms with Gasteiger partial charge in [-0.15, -0.1) is 0 Å². The molecule has 1 saturated carbocycles. The van der Waals surface area contributed by atoms with Gasteiger partial charge < -0.3 is 0 Å². The molecule has 0 spiro atoms. The number of hydroxylamine groups is 2. The van der Waals surface area contributed by atoms with Crippen LogP contribution in [0, 0.1) is 0 Å². The second-order valence-corrected chi connectivity index (χ2v) is 2.82. The maximum atomic E-state index is 5.44. The highest BCUT2D eigenvalue weighted by Crippen LogP contribution is 2.20. The van der Waals surface area contributed by atoms with E-state index >= 15 is 0 Å². The van der Waals surface area contributed by atoms with Gasteiger partial charge in [0.1, 0.15) is 0 Å². The van der Waals surface area contributed by atoms with Gasteiger partial charge in [0.15, 0.2) is 0 Å². The molecule has 0 N–H and O–H groups in total. The minimum absolute atomic E-state index is 0.514. The van der Waals surface area contributed by atoms with E-state index < -0.39 is 0 Å². The molecular weight excluding hydrogens is 114 g/mol.